The second kappa shape index (κ2) is 18.3. The number of aliphatic hydroxyl groups is 2. The average molecular weight is 652 g/mol. The zero-order chi connectivity index (χ0) is 34.4. The van der Waals surface area contributed by atoms with Gasteiger partial charge in [0, 0.05) is 63.0 Å². The smallest absolute Gasteiger partial charge is 0.317 e. The van der Waals surface area contributed by atoms with Crippen molar-refractivity contribution in [3.8, 4) is 0 Å². The van der Waals surface area contributed by atoms with E-state index >= 15 is 0 Å². The third-order valence-corrected chi connectivity index (χ3v) is 6.71. The van der Waals surface area contributed by atoms with Crippen LogP contribution in [0.25, 0.3) is 0 Å². The van der Waals surface area contributed by atoms with Gasteiger partial charge in [-0.15, -0.1) is 0 Å². The predicted octanol–water partition coefficient (Wildman–Crippen LogP) is -2.59. The van der Waals surface area contributed by atoms with E-state index in [9.17, 15) is 59.1 Å². The lowest BCUT2D eigenvalue weighted by Crippen LogP contribution is -2.51. The van der Waals surface area contributed by atoms with E-state index in [0.717, 1.165) is 22.0 Å². The standard InChI is InChI=1S/C28H37N5O13/c34-21(7-8-33-22(35)5-6-23(33)36)29-19-3-1-18(2-4-19)11-20(32(16-27(43)44)17-28(45)46)12-30(13-24(37)38)9-10-31(14-25(39)40)15-26(41)42/h1-6,20,25,39-40H,7-17H2,(H,29,34)(H,37,38)(H,41,42)(H,43,44)(H,45,46)/t20-/m1/s1. The third kappa shape index (κ3) is 13.9. The molecule has 1 aliphatic rings. The summed E-state index contributed by atoms with van der Waals surface area (Å²) in [6.07, 6.45) is 0.259. The van der Waals surface area contributed by atoms with Gasteiger partial charge in [-0.05, 0) is 24.1 Å². The molecule has 3 amide bonds. The van der Waals surface area contributed by atoms with Gasteiger partial charge in [0.15, 0.2) is 6.29 Å². The second-order valence-corrected chi connectivity index (χ2v) is 10.4. The molecule has 0 aromatic heterocycles. The summed E-state index contributed by atoms with van der Waals surface area (Å²) in [6.45, 7) is -3.41. The average Bonchev–Trinajstić information content (AvgIpc) is 3.25. The summed E-state index contributed by atoms with van der Waals surface area (Å²) in [5.74, 6) is -6.67. The molecule has 1 atom stereocenters. The zero-order valence-electron chi connectivity index (χ0n) is 24.7. The first-order valence-corrected chi connectivity index (χ1v) is 14.0. The third-order valence-electron chi connectivity index (χ3n) is 6.71. The Hall–Kier alpha value is -4.75. The molecule has 2 rings (SSSR count). The Morgan fingerprint density at radius 2 is 1.20 bits per heavy atom. The molecule has 1 aliphatic heterocycles. The van der Waals surface area contributed by atoms with Crippen molar-refractivity contribution in [2.24, 2.45) is 0 Å². The first-order chi connectivity index (χ1) is 21.6. The number of carboxylic acids is 4. The van der Waals surface area contributed by atoms with Crippen molar-refractivity contribution in [2.45, 2.75) is 25.2 Å². The van der Waals surface area contributed by atoms with Crippen LogP contribution >= 0.6 is 0 Å². The molecule has 1 aromatic carbocycles. The SMILES string of the molecule is O=C(O)CN(CCN(CC(=O)O)C[C@@H](Cc1ccc(NC(=O)CCN2C(=O)C=CC2=O)cc1)N(CC(=O)O)CC(=O)O)CC(O)O. The Labute approximate surface area is 262 Å². The number of amides is 3. The number of aliphatic carboxylic acids is 4. The fourth-order valence-electron chi connectivity index (χ4n) is 4.72. The predicted molar refractivity (Wildman–Crippen MR) is 156 cm³/mol. The maximum Gasteiger partial charge on any atom is 0.317 e. The van der Waals surface area contributed by atoms with Crippen molar-refractivity contribution < 1.29 is 64.2 Å². The molecule has 0 fully saturated rings. The van der Waals surface area contributed by atoms with Crippen molar-refractivity contribution in [1.82, 2.24) is 19.6 Å². The van der Waals surface area contributed by atoms with Gasteiger partial charge in [-0.2, -0.15) is 0 Å². The van der Waals surface area contributed by atoms with Crippen molar-refractivity contribution in [3.05, 3.63) is 42.0 Å². The summed E-state index contributed by atoms with van der Waals surface area (Å²) < 4.78 is 0. The fourth-order valence-corrected chi connectivity index (χ4v) is 4.72. The van der Waals surface area contributed by atoms with Crippen LogP contribution in [-0.4, -0.2) is 163 Å². The molecule has 0 unspecified atom stereocenters. The van der Waals surface area contributed by atoms with Crippen molar-refractivity contribution in [2.75, 3.05) is 64.2 Å². The Morgan fingerprint density at radius 1 is 0.717 bits per heavy atom. The Kier molecular flexibility index (Phi) is 14.9. The lowest BCUT2D eigenvalue weighted by Gasteiger charge is -2.34. The minimum Gasteiger partial charge on any atom is -0.480 e. The molecule has 0 spiro atoms. The van der Waals surface area contributed by atoms with Crippen LogP contribution in [0.1, 0.15) is 12.0 Å². The van der Waals surface area contributed by atoms with E-state index in [4.69, 9.17) is 5.11 Å². The van der Waals surface area contributed by atoms with Gasteiger partial charge in [-0.3, -0.25) is 53.2 Å². The molecular weight excluding hydrogens is 614 g/mol. The molecule has 0 saturated heterocycles. The summed E-state index contributed by atoms with van der Waals surface area (Å²) in [5, 5.41) is 58.8. The first-order valence-electron chi connectivity index (χ1n) is 14.0. The molecule has 0 bridgehead atoms. The van der Waals surface area contributed by atoms with E-state index in [1.54, 1.807) is 12.1 Å². The molecule has 0 aliphatic carbocycles. The van der Waals surface area contributed by atoms with Crippen LogP contribution in [0.5, 0.6) is 0 Å². The molecule has 7 N–H and O–H groups in total. The number of rotatable bonds is 22. The minimum atomic E-state index is -1.86. The maximum atomic E-state index is 12.4. The van der Waals surface area contributed by atoms with E-state index in [1.165, 1.54) is 21.9 Å². The minimum absolute atomic E-state index is 0.0469. The fraction of sp³-hybridized carbons (Fsp3) is 0.464. The number of nitrogens with one attached hydrogen (secondary N) is 1. The normalized spacial score (nSPS) is 13.7. The molecule has 252 valence electrons. The van der Waals surface area contributed by atoms with Crippen LogP contribution < -0.4 is 5.32 Å². The summed E-state index contributed by atoms with van der Waals surface area (Å²) in [4.78, 5) is 86.4. The number of benzene rings is 1. The van der Waals surface area contributed by atoms with E-state index in [2.05, 4.69) is 5.32 Å². The van der Waals surface area contributed by atoms with E-state index in [0.29, 0.717) is 11.3 Å². The largest absolute Gasteiger partial charge is 0.480 e. The summed E-state index contributed by atoms with van der Waals surface area (Å²) in [5.41, 5.74) is 0.946. The van der Waals surface area contributed by atoms with Gasteiger partial charge in [0.2, 0.25) is 5.91 Å². The van der Waals surface area contributed by atoms with Crippen LogP contribution in [0, 0.1) is 0 Å². The number of hydrogen-bond acceptors (Lipinski definition) is 12. The number of anilines is 1. The van der Waals surface area contributed by atoms with Crippen LogP contribution in [0.2, 0.25) is 0 Å². The van der Waals surface area contributed by atoms with Gasteiger partial charge in [0.1, 0.15) is 0 Å². The Balaban J connectivity index is 2.20. The van der Waals surface area contributed by atoms with E-state index in [-0.39, 0.29) is 39.0 Å². The number of imide groups is 1. The highest BCUT2D eigenvalue weighted by molar-refractivity contribution is 6.13. The van der Waals surface area contributed by atoms with Crippen LogP contribution in [-0.2, 0) is 40.0 Å². The number of hydrogen-bond donors (Lipinski definition) is 7. The molecule has 46 heavy (non-hydrogen) atoms. The van der Waals surface area contributed by atoms with Crippen molar-refractivity contribution in [1.29, 1.82) is 0 Å². The Morgan fingerprint density at radius 3 is 1.65 bits per heavy atom. The monoisotopic (exact) mass is 651 g/mol. The van der Waals surface area contributed by atoms with E-state index < -0.39 is 86.7 Å². The number of carbonyl (C=O) groups excluding carboxylic acids is 3. The van der Waals surface area contributed by atoms with Gasteiger partial charge in [0.25, 0.3) is 11.8 Å². The quantitative estimate of drug-likeness (QED) is 0.0501. The maximum absolute atomic E-state index is 12.4. The van der Waals surface area contributed by atoms with Gasteiger partial charge in [-0.1, -0.05) is 12.1 Å². The highest BCUT2D eigenvalue weighted by Crippen LogP contribution is 2.16. The molecule has 1 heterocycles. The zero-order valence-corrected chi connectivity index (χ0v) is 24.7. The highest BCUT2D eigenvalue weighted by atomic mass is 16.5. The molecule has 1 aromatic rings. The summed E-state index contributed by atoms with van der Waals surface area (Å²) in [6, 6.07) is 5.40. The number of carbonyl (C=O) groups is 7. The van der Waals surface area contributed by atoms with Crippen molar-refractivity contribution >= 4 is 47.3 Å². The van der Waals surface area contributed by atoms with Crippen LogP contribution in [0.15, 0.2) is 36.4 Å². The van der Waals surface area contributed by atoms with Gasteiger partial charge in [-0.25, -0.2) is 0 Å². The highest BCUT2D eigenvalue weighted by Gasteiger charge is 2.28. The van der Waals surface area contributed by atoms with Crippen molar-refractivity contribution in [3.63, 3.8) is 0 Å². The van der Waals surface area contributed by atoms with Gasteiger partial charge >= 0.3 is 23.9 Å². The number of nitrogens with zero attached hydrogens (tertiary/aromatic N) is 4. The first kappa shape index (κ1) is 37.4. The number of carboxylic acid groups (broad SMARTS) is 4. The summed E-state index contributed by atoms with van der Waals surface area (Å²) >= 11 is 0. The number of aliphatic hydroxyl groups excluding tert-OH is 1. The molecule has 18 nitrogen and oxygen atoms in total. The molecular formula is C28H37N5O13. The molecule has 18 heteroatoms. The van der Waals surface area contributed by atoms with E-state index in [1.807, 2.05) is 0 Å². The van der Waals surface area contributed by atoms with Crippen LogP contribution in [0.3, 0.4) is 0 Å². The molecule has 0 radical (unpaired) electrons. The summed E-state index contributed by atoms with van der Waals surface area (Å²) in [7, 11) is 0. The topological polar surface area (TPSA) is 266 Å². The molecule has 0 saturated carbocycles. The Bertz CT molecular complexity index is 1270. The van der Waals surface area contributed by atoms with Gasteiger partial charge < -0.3 is 36.0 Å². The van der Waals surface area contributed by atoms with Gasteiger partial charge in [0.05, 0.1) is 26.2 Å². The lowest BCUT2D eigenvalue weighted by molar-refractivity contribution is -0.144. The lowest BCUT2D eigenvalue weighted by atomic mass is 10.0. The van der Waals surface area contributed by atoms with Crippen LogP contribution in [0.4, 0.5) is 5.69 Å². The second-order valence-electron chi connectivity index (χ2n) is 10.4.